The predicted octanol–water partition coefficient (Wildman–Crippen LogP) is 2.48. The molecule has 208 valence electrons. The maximum atomic E-state index is 15.0. The summed E-state index contributed by atoms with van der Waals surface area (Å²) in [5.41, 5.74) is 0.556. The molecule has 3 aromatic rings. The molecule has 2 atom stereocenters. The second kappa shape index (κ2) is 9.12. The third-order valence-electron chi connectivity index (χ3n) is 5.88. The highest BCUT2D eigenvalue weighted by molar-refractivity contribution is 6.00. The van der Waals surface area contributed by atoms with Gasteiger partial charge in [0, 0.05) is 25.0 Å². The molecule has 5 heterocycles. The fourth-order valence-electron chi connectivity index (χ4n) is 4.00. The lowest BCUT2D eigenvalue weighted by Gasteiger charge is -2.24. The van der Waals surface area contributed by atoms with Crippen LogP contribution in [0.4, 0.5) is 41.2 Å². The van der Waals surface area contributed by atoms with Crippen molar-refractivity contribution in [3.05, 3.63) is 42.5 Å². The number of rotatable bonds is 6. The van der Waals surface area contributed by atoms with Gasteiger partial charge in [0.25, 0.3) is 0 Å². The molecular weight excluding hydrogens is 547 g/mol. The van der Waals surface area contributed by atoms with Crippen LogP contribution in [0.25, 0.3) is 5.65 Å². The summed E-state index contributed by atoms with van der Waals surface area (Å²) in [6.45, 7) is -1.34. The summed E-state index contributed by atoms with van der Waals surface area (Å²) < 4.78 is 103. The summed E-state index contributed by atoms with van der Waals surface area (Å²) in [6, 6.07) is 2.20. The van der Waals surface area contributed by atoms with Crippen molar-refractivity contribution in [3.8, 4) is 11.6 Å². The maximum Gasteiger partial charge on any atom is 0.499 e. The average Bonchev–Trinajstić information content (AvgIpc) is 3.42. The molecule has 2 N–H and O–H groups in total. The van der Waals surface area contributed by atoms with Gasteiger partial charge in [-0.1, -0.05) is 0 Å². The molecule has 39 heavy (non-hydrogen) atoms. The van der Waals surface area contributed by atoms with Crippen molar-refractivity contribution >= 4 is 23.3 Å². The number of carbonyl (C=O) groups is 2. The largest absolute Gasteiger partial charge is 0.499 e. The van der Waals surface area contributed by atoms with Crippen LogP contribution in [0.3, 0.4) is 0 Å². The van der Waals surface area contributed by atoms with Gasteiger partial charge in [-0.05, 0) is 12.1 Å². The van der Waals surface area contributed by atoms with E-state index in [4.69, 9.17) is 4.74 Å². The number of anilines is 1. The van der Waals surface area contributed by atoms with Crippen LogP contribution in [0.5, 0.6) is 11.6 Å². The number of nitrogens with one attached hydrogen (secondary N) is 2. The van der Waals surface area contributed by atoms with Crippen LogP contribution in [0.15, 0.2) is 36.8 Å². The Bertz CT molecular complexity index is 1410. The van der Waals surface area contributed by atoms with E-state index >= 15 is 0 Å². The van der Waals surface area contributed by atoms with E-state index in [1.54, 1.807) is 0 Å². The number of aromatic nitrogens is 4. The number of pyridine rings is 1. The number of imide groups is 1. The molecule has 0 radical (unpaired) electrons. The van der Waals surface area contributed by atoms with Crippen LogP contribution in [0, 0.1) is 0 Å². The van der Waals surface area contributed by atoms with Gasteiger partial charge in [-0.2, -0.15) is 27.1 Å². The molecule has 3 aromatic heterocycles. The van der Waals surface area contributed by atoms with E-state index in [0.717, 1.165) is 6.07 Å². The molecule has 5 rings (SSSR count). The predicted molar refractivity (Wildman–Crippen MR) is 115 cm³/mol. The quantitative estimate of drug-likeness (QED) is 0.439. The Labute approximate surface area is 212 Å². The van der Waals surface area contributed by atoms with Gasteiger partial charge >= 0.3 is 24.2 Å². The highest BCUT2D eigenvalue weighted by Crippen LogP contribution is 2.38. The maximum absolute atomic E-state index is 15.0. The van der Waals surface area contributed by atoms with E-state index in [2.05, 4.69) is 30.4 Å². The number of alkyl halides is 7. The number of fused-ring (bicyclic) bond motifs is 1. The number of urea groups is 1. The van der Waals surface area contributed by atoms with Crippen LogP contribution in [-0.2, 0) is 4.79 Å². The molecule has 1 unspecified atom stereocenters. The topological polar surface area (TPSA) is 123 Å². The third kappa shape index (κ3) is 5.05. The van der Waals surface area contributed by atoms with Crippen molar-refractivity contribution in [1.29, 1.82) is 0 Å². The Morgan fingerprint density at radius 2 is 1.87 bits per heavy atom. The number of carbonyl (C=O) groups excluding carboxylic acids is 2. The fraction of sp³-hybridized carbons (Fsp3) is 0.381. The smallest absolute Gasteiger partial charge is 0.466 e. The molecule has 11 nitrogen and oxygen atoms in total. The van der Waals surface area contributed by atoms with Crippen LogP contribution in [0.1, 0.15) is 11.6 Å². The number of hydrogen-bond acceptors (Lipinski definition) is 8. The highest BCUT2D eigenvalue weighted by atomic mass is 19.4. The summed E-state index contributed by atoms with van der Waals surface area (Å²) in [5.74, 6) is -6.43. The van der Waals surface area contributed by atoms with Gasteiger partial charge in [-0.25, -0.2) is 28.1 Å². The lowest BCUT2D eigenvalue weighted by atomic mass is 10.0. The SMILES string of the molecule is O=C1NCC(c2cc(N3C[C@H](Oc4ccc(OC(F)(F)C(F)(F)F)cn4)C(F)(F)C3)c3nccn3n2)C(=O)N1. The van der Waals surface area contributed by atoms with Crippen LogP contribution < -0.4 is 25.0 Å². The van der Waals surface area contributed by atoms with Gasteiger partial charge in [0.2, 0.25) is 11.8 Å². The summed E-state index contributed by atoms with van der Waals surface area (Å²) >= 11 is 0. The molecular formula is C21H16F7N7O4. The molecule has 2 aliphatic heterocycles. The molecule has 0 bridgehead atoms. The Morgan fingerprint density at radius 1 is 1.10 bits per heavy atom. The van der Waals surface area contributed by atoms with Crippen molar-refractivity contribution in [2.75, 3.05) is 24.5 Å². The van der Waals surface area contributed by atoms with Gasteiger partial charge < -0.3 is 19.7 Å². The van der Waals surface area contributed by atoms with Gasteiger partial charge in [-0.15, -0.1) is 0 Å². The summed E-state index contributed by atoms with van der Waals surface area (Å²) in [7, 11) is 0. The Kier molecular flexibility index (Phi) is 6.14. The van der Waals surface area contributed by atoms with Crippen LogP contribution in [-0.4, -0.2) is 75.5 Å². The number of imidazole rings is 1. The second-order valence-electron chi connectivity index (χ2n) is 8.60. The Hall–Kier alpha value is -4.38. The molecule has 0 aliphatic carbocycles. The first-order chi connectivity index (χ1) is 18.2. The number of halogens is 7. The monoisotopic (exact) mass is 563 g/mol. The molecule has 2 aliphatic rings. The van der Waals surface area contributed by atoms with Gasteiger partial charge in [0.15, 0.2) is 11.8 Å². The normalized spacial score (nSPS) is 21.6. The minimum Gasteiger partial charge on any atom is -0.466 e. The Morgan fingerprint density at radius 3 is 2.54 bits per heavy atom. The zero-order chi connectivity index (χ0) is 28.2. The van der Waals surface area contributed by atoms with Crippen molar-refractivity contribution in [2.45, 2.75) is 30.2 Å². The molecule has 0 aromatic carbocycles. The number of amides is 3. The molecule has 2 saturated heterocycles. The summed E-state index contributed by atoms with van der Waals surface area (Å²) in [5, 5.41) is 8.86. The average molecular weight is 563 g/mol. The van der Waals surface area contributed by atoms with Gasteiger partial charge in [-0.3, -0.25) is 10.1 Å². The van der Waals surface area contributed by atoms with E-state index in [0.29, 0.717) is 12.3 Å². The number of hydrogen-bond donors (Lipinski definition) is 2. The standard InChI is InChI=1S/C21H16F7N7O4/c22-19(23)9-34(8-14(19)38-15-2-1-10(6-30-15)39-21(27,28)20(24,25)26)13-5-12(33-35-4-3-29-16(13)35)11-7-31-18(37)32-17(11)36/h1-6,11,14H,7-9H2,(H2,31,32,36,37)/t11?,14-/m0/s1. The number of nitrogens with zero attached hydrogens (tertiary/aromatic N) is 5. The minimum absolute atomic E-state index is 0.0700. The first-order valence-electron chi connectivity index (χ1n) is 11.1. The van der Waals surface area contributed by atoms with Crippen molar-refractivity contribution in [3.63, 3.8) is 0 Å². The van der Waals surface area contributed by atoms with Crippen molar-refractivity contribution in [2.24, 2.45) is 0 Å². The summed E-state index contributed by atoms with van der Waals surface area (Å²) in [4.78, 5) is 32.6. The van der Waals surface area contributed by atoms with E-state index in [1.807, 2.05) is 0 Å². The van der Waals surface area contributed by atoms with E-state index < -0.39 is 66.9 Å². The first kappa shape index (κ1) is 26.2. The molecule has 2 fully saturated rings. The lowest BCUT2D eigenvalue weighted by Crippen LogP contribution is -2.51. The van der Waals surface area contributed by atoms with Crippen molar-refractivity contribution < 1.29 is 49.8 Å². The zero-order valence-electron chi connectivity index (χ0n) is 19.3. The fourth-order valence-corrected chi connectivity index (χ4v) is 4.00. The van der Waals surface area contributed by atoms with Crippen molar-refractivity contribution in [1.82, 2.24) is 30.2 Å². The van der Waals surface area contributed by atoms with E-state index in [9.17, 15) is 40.3 Å². The molecule has 18 heteroatoms. The number of ether oxygens (including phenoxy) is 2. The lowest BCUT2D eigenvalue weighted by molar-refractivity contribution is -0.360. The highest BCUT2D eigenvalue weighted by Gasteiger charge is 2.61. The summed E-state index contributed by atoms with van der Waals surface area (Å²) in [6.07, 6.45) is -9.97. The molecule has 3 amide bonds. The first-order valence-corrected chi connectivity index (χ1v) is 11.1. The zero-order valence-corrected chi connectivity index (χ0v) is 19.3. The van der Waals surface area contributed by atoms with Gasteiger partial charge in [0.05, 0.1) is 36.6 Å². The van der Waals surface area contributed by atoms with Crippen LogP contribution >= 0.6 is 0 Å². The minimum atomic E-state index is -5.97. The van der Waals surface area contributed by atoms with Gasteiger partial charge in [0.1, 0.15) is 5.75 Å². The van der Waals surface area contributed by atoms with E-state index in [-0.39, 0.29) is 23.6 Å². The van der Waals surface area contributed by atoms with E-state index in [1.165, 1.54) is 27.9 Å². The third-order valence-corrected chi connectivity index (χ3v) is 5.88. The Balaban J connectivity index is 1.35. The molecule has 0 saturated carbocycles. The molecule has 0 spiro atoms. The van der Waals surface area contributed by atoms with Crippen LogP contribution in [0.2, 0.25) is 0 Å². The second-order valence-corrected chi connectivity index (χ2v) is 8.60.